The van der Waals surface area contributed by atoms with E-state index in [1.165, 1.54) is 5.71 Å². The quantitative estimate of drug-likeness (QED) is 0.425. The first-order valence-electron chi connectivity index (χ1n) is 7.80. The molecule has 1 unspecified atom stereocenters. The molecule has 0 saturated heterocycles. The van der Waals surface area contributed by atoms with E-state index in [1.54, 1.807) is 0 Å². The van der Waals surface area contributed by atoms with Crippen molar-refractivity contribution in [3.63, 3.8) is 0 Å². The van der Waals surface area contributed by atoms with E-state index in [1.807, 2.05) is 13.8 Å². The lowest BCUT2D eigenvalue weighted by Gasteiger charge is -2.21. The molecule has 0 N–H and O–H groups in total. The maximum atomic E-state index is 5.76. The van der Waals surface area contributed by atoms with Gasteiger partial charge in [0.05, 0.1) is 0 Å². The van der Waals surface area contributed by atoms with E-state index >= 15 is 0 Å². The summed E-state index contributed by atoms with van der Waals surface area (Å²) < 4.78 is 11.5. The zero-order chi connectivity index (χ0) is 14.7. The predicted molar refractivity (Wildman–Crippen MR) is 86.5 cm³/mol. The fourth-order valence-electron chi connectivity index (χ4n) is 2.06. The van der Waals surface area contributed by atoms with Crippen LogP contribution < -0.4 is 0 Å². The SMILES string of the molecule is CCO[SiH](OCC)C(C)CCN=C(CC)CC(C)C. The Morgan fingerprint density at radius 2 is 1.63 bits per heavy atom. The molecule has 0 fully saturated rings. The average Bonchev–Trinajstić information content (AvgIpc) is 2.36. The number of nitrogens with zero attached hydrogens (tertiary/aromatic N) is 1. The average molecular weight is 288 g/mol. The van der Waals surface area contributed by atoms with Crippen molar-refractivity contribution >= 4 is 15.0 Å². The van der Waals surface area contributed by atoms with Crippen molar-refractivity contribution in [3.05, 3.63) is 0 Å². The summed E-state index contributed by atoms with van der Waals surface area (Å²) in [4.78, 5) is 4.75. The maximum absolute atomic E-state index is 5.76. The predicted octanol–water partition coefficient (Wildman–Crippen LogP) is 3.96. The minimum atomic E-state index is -1.50. The van der Waals surface area contributed by atoms with Gasteiger partial charge in [0.1, 0.15) is 0 Å². The third kappa shape index (κ3) is 9.36. The van der Waals surface area contributed by atoms with Gasteiger partial charge in [0, 0.05) is 25.5 Å². The fraction of sp³-hybridized carbons (Fsp3) is 0.933. The van der Waals surface area contributed by atoms with Crippen molar-refractivity contribution in [2.75, 3.05) is 19.8 Å². The van der Waals surface area contributed by atoms with Crippen molar-refractivity contribution < 1.29 is 8.85 Å². The molecule has 0 aromatic rings. The smallest absolute Gasteiger partial charge is 0.324 e. The van der Waals surface area contributed by atoms with Gasteiger partial charge in [0.25, 0.3) is 0 Å². The first kappa shape index (κ1) is 18.8. The van der Waals surface area contributed by atoms with Gasteiger partial charge in [0.2, 0.25) is 0 Å². The van der Waals surface area contributed by atoms with Crippen molar-refractivity contribution in [1.82, 2.24) is 0 Å². The minimum Gasteiger partial charge on any atom is -0.397 e. The molecule has 19 heavy (non-hydrogen) atoms. The van der Waals surface area contributed by atoms with Crippen LogP contribution in [0, 0.1) is 5.92 Å². The molecule has 0 saturated carbocycles. The lowest BCUT2D eigenvalue weighted by atomic mass is 10.1. The van der Waals surface area contributed by atoms with Gasteiger partial charge in [-0.15, -0.1) is 0 Å². The first-order chi connectivity index (χ1) is 9.04. The second-order valence-corrected chi connectivity index (χ2v) is 7.99. The van der Waals surface area contributed by atoms with Crippen molar-refractivity contribution in [3.8, 4) is 0 Å². The topological polar surface area (TPSA) is 30.8 Å². The molecule has 0 aliphatic carbocycles. The molecule has 3 nitrogen and oxygen atoms in total. The molecule has 0 amide bonds. The summed E-state index contributed by atoms with van der Waals surface area (Å²) in [7, 11) is -1.50. The highest BCUT2D eigenvalue weighted by Crippen LogP contribution is 2.17. The molecule has 0 aromatic heterocycles. The van der Waals surface area contributed by atoms with Crippen LogP contribution in [0.3, 0.4) is 0 Å². The van der Waals surface area contributed by atoms with Gasteiger partial charge in [-0.1, -0.05) is 27.7 Å². The van der Waals surface area contributed by atoms with Crippen molar-refractivity contribution in [2.24, 2.45) is 10.9 Å². The summed E-state index contributed by atoms with van der Waals surface area (Å²) in [6, 6.07) is 0. The Balaban J connectivity index is 4.16. The Morgan fingerprint density at radius 3 is 2.05 bits per heavy atom. The van der Waals surface area contributed by atoms with Gasteiger partial charge in [-0.3, -0.25) is 4.99 Å². The molecule has 0 bridgehead atoms. The van der Waals surface area contributed by atoms with Crippen molar-refractivity contribution in [2.45, 2.75) is 66.3 Å². The molecule has 4 heteroatoms. The van der Waals surface area contributed by atoms with Crippen LogP contribution in [0.15, 0.2) is 4.99 Å². The van der Waals surface area contributed by atoms with Gasteiger partial charge >= 0.3 is 9.28 Å². The number of aliphatic imine (C=N–C) groups is 1. The molecule has 0 aliphatic heterocycles. The summed E-state index contributed by atoms with van der Waals surface area (Å²) in [5.41, 5.74) is 1.88. The molecule has 114 valence electrons. The third-order valence-electron chi connectivity index (χ3n) is 3.10. The molecule has 0 rings (SSSR count). The summed E-state index contributed by atoms with van der Waals surface area (Å²) in [5, 5.41) is 0. The van der Waals surface area contributed by atoms with Gasteiger partial charge < -0.3 is 8.85 Å². The zero-order valence-electron chi connectivity index (χ0n) is 13.7. The first-order valence-corrected chi connectivity index (χ1v) is 9.41. The van der Waals surface area contributed by atoms with E-state index in [-0.39, 0.29) is 0 Å². The van der Waals surface area contributed by atoms with Crippen LogP contribution in [0.1, 0.15) is 60.8 Å². The van der Waals surface area contributed by atoms with Crippen LogP contribution in [0.25, 0.3) is 0 Å². The number of hydrogen-bond acceptors (Lipinski definition) is 3. The van der Waals surface area contributed by atoms with E-state index < -0.39 is 9.28 Å². The van der Waals surface area contributed by atoms with E-state index in [2.05, 4.69) is 27.7 Å². The maximum Gasteiger partial charge on any atom is 0.324 e. The Hall–Kier alpha value is -0.193. The second kappa shape index (κ2) is 11.6. The Kier molecular flexibility index (Phi) is 11.5. The highest BCUT2D eigenvalue weighted by atomic mass is 28.3. The van der Waals surface area contributed by atoms with Crippen LogP contribution in [0.5, 0.6) is 0 Å². The number of rotatable bonds is 11. The fourth-order valence-corrected chi connectivity index (χ4v) is 3.89. The molecule has 0 aliphatic rings. The third-order valence-corrected chi connectivity index (χ3v) is 5.68. The van der Waals surface area contributed by atoms with Crippen LogP contribution in [-0.4, -0.2) is 34.8 Å². The van der Waals surface area contributed by atoms with Crippen LogP contribution in [0.2, 0.25) is 5.54 Å². The van der Waals surface area contributed by atoms with Gasteiger partial charge in [-0.2, -0.15) is 0 Å². The molecule has 0 spiro atoms. The van der Waals surface area contributed by atoms with Crippen LogP contribution >= 0.6 is 0 Å². The molecular weight excluding hydrogens is 254 g/mol. The Labute approximate surface area is 121 Å². The van der Waals surface area contributed by atoms with E-state index in [9.17, 15) is 0 Å². The molecular formula is C15H33NO2Si. The van der Waals surface area contributed by atoms with E-state index in [4.69, 9.17) is 13.8 Å². The van der Waals surface area contributed by atoms with E-state index in [0.717, 1.165) is 39.0 Å². The zero-order valence-corrected chi connectivity index (χ0v) is 14.9. The highest BCUT2D eigenvalue weighted by Gasteiger charge is 2.20. The van der Waals surface area contributed by atoms with Gasteiger partial charge in [0.15, 0.2) is 0 Å². The lowest BCUT2D eigenvalue weighted by Crippen LogP contribution is -2.28. The van der Waals surface area contributed by atoms with Crippen molar-refractivity contribution in [1.29, 1.82) is 0 Å². The minimum absolute atomic E-state index is 0.529. The lowest BCUT2D eigenvalue weighted by molar-refractivity contribution is 0.204. The molecule has 1 atom stereocenters. The molecule has 0 radical (unpaired) electrons. The standard InChI is InChI=1S/C15H33NO2Si/c1-7-15(12-13(4)5)16-11-10-14(6)19(17-8-2)18-9-3/h13-14,19H,7-12H2,1-6H3. The summed E-state index contributed by atoms with van der Waals surface area (Å²) in [6.07, 6.45) is 3.28. The normalized spacial score (nSPS) is 14.4. The Bertz CT molecular complexity index is 238. The molecule has 0 heterocycles. The molecule has 0 aromatic carbocycles. The summed E-state index contributed by atoms with van der Waals surface area (Å²) >= 11 is 0. The van der Waals surface area contributed by atoms with Crippen LogP contribution in [0.4, 0.5) is 0 Å². The monoisotopic (exact) mass is 287 g/mol. The summed E-state index contributed by atoms with van der Waals surface area (Å²) in [5.74, 6) is 0.699. The highest BCUT2D eigenvalue weighted by molar-refractivity contribution is 6.46. The Morgan fingerprint density at radius 1 is 1.05 bits per heavy atom. The van der Waals surface area contributed by atoms with E-state index in [0.29, 0.717) is 11.5 Å². The van der Waals surface area contributed by atoms with Crippen LogP contribution in [-0.2, 0) is 8.85 Å². The largest absolute Gasteiger partial charge is 0.397 e. The second-order valence-electron chi connectivity index (χ2n) is 5.44. The van der Waals surface area contributed by atoms with Gasteiger partial charge in [-0.25, -0.2) is 0 Å². The number of hydrogen-bond donors (Lipinski definition) is 0. The van der Waals surface area contributed by atoms with Gasteiger partial charge in [-0.05, 0) is 44.6 Å². The summed E-state index contributed by atoms with van der Waals surface area (Å²) in [6.45, 7) is 15.5.